The first-order valence-electron chi connectivity index (χ1n) is 8.58. The molecule has 0 atom stereocenters. The topological polar surface area (TPSA) is 86.7 Å². The van der Waals surface area contributed by atoms with E-state index in [0.29, 0.717) is 18.9 Å². The maximum absolute atomic E-state index is 13.7. The summed E-state index contributed by atoms with van der Waals surface area (Å²) in [4.78, 5) is 14.5. The highest BCUT2D eigenvalue weighted by atomic mass is 32.2. The van der Waals surface area contributed by atoms with E-state index in [-0.39, 0.29) is 28.9 Å². The second kappa shape index (κ2) is 7.29. The van der Waals surface area contributed by atoms with Crippen LogP contribution in [0.5, 0.6) is 5.75 Å². The first-order chi connectivity index (χ1) is 11.8. The molecular formula is C17H23FN2O4S. The number of benzene rings is 1. The lowest BCUT2D eigenvalue weighted by molar-refractivity contribution is 0.0881. The number of nitrogens with one attached hydrogen (secondary N) is 1. The number of carbonyl (C=O) groups is 1. The molecule has 0 radical (unpaired) electrons. The number of likely N-dealkylation sites (tertiary alicyclic amines) is 1. The van der Waals surface area contributed by atoms with Crippen molar-refractivity contribution >= 4 is 15.7 Å². The van der Waals surface area contributed by atoms with E-state index in [1.807, 2.05) is 0 Å². The van der Waals surface area contributed by atoms with Gasteiger partial charge in [0, 0.05) is 31.2 Å². The van der Waals surface area contributed by atoms with E-state index in [1.54, 1.807) is 0 Å². The van der Waals surface area contributed by atoms with Crippen molar-refractivity contribution in [1.82, 2.24) is 10.2 Å². The van der Waals surface area contributed by atoms with E-state index in [0.717, 1.165) is 32.0 Å². The van der Waals surface area contributed by atoms with E-state index >= 15 is 0 Å². The fraction of sp³-hybridized carbons (Fsp3) is 0.588. The quantitative estimate of drug-likeness (QED) is 0.838. The lowest BCUT2D eigenvalue weighted by atomic mass is 10.0. The fourth-order valence-electron chi connectivity index (χ4n) is 3.60. The van der Waals surface area contributed by atoms with Crippen LogP contribution in [0.1, 0.15) is 36.0 Å². The van der Waals surface area contributed by atoms with Crippen LogP contribution in [0.3, 0.4) is 0 Å². The Hall–Kier alpha value is -1.67. The average molecular weight is 370 g/mol. The largest absolute Gasteiger partial charge is 0.508 e. The molecule has 2 N–H and O–H groups in total. The Kier molecular flexibility index (Phi) is 5.29. The number of nitrogens with zero attached hydrogens (tertiary/aromatic N) is 1. The molecular weight excluding hydrogens is 347 g/mol. The third-order valence-corrected chi connectivity index (χ3v) is 6.82. The zero-order chi connectivity index (χ0) is 18.0. The van der Waals surface area contributed by atoms with Crippen molar-refractivity contribution in [3.8, 4) is 5.75 Å². The van der Waals surface area contributed by atoms with Gasteiger partial charge in [0.15, 0.2) is 0 Å². The Balaban J connectivity index is 1.50. The molecule has 2 heterocycles. The number of hydrogen-bond acceptors (Lipinski definition) is 5. The summed E-state index contributed by atoms with van der Waals surface area (Å²) in [5.74, 6) is -0.905. The minimum atomic E-state index is -2.86. The van der Waals surface area contributed by atoms with E-state index in [1.165, 1.54) is 12.1 Å². The minimum Gasteiger partial charge on any atom is -0.508 e. The number of rotatable bonds is 3. The number of phenols is 1. The molecule has 0 spiro atoms. The number of piperidine rings is 1. The van der Waals surface area contributed by atoms with Crippen LogP contribution in [0, 0.1) is 5.82 Å². The average Bonchev–Trinajstić information content (AvgIpc) is 2.55. The van der Waals surface area contributed by atoms with Gasteiger partial charge in [-0.05, 0) is 37.8 Å². The maximum atomic E-state index is 13.7. The summed E-state index contributed by atoms with van der Waals surface area (Å²) in [5.41, 5.74) is -0.0716. The molecule has 1 aromatic carbocycles. The second-order valence-electron chi connectivity index (χ2n) is 6.83. The van der Waals surface area contributed by atoms with Gasteiger partial charge in [-0.25, -0.2) is 12.8 Å². The van der Waals surface area contributed by atoms with Crippen LogP contribution in [0.15, 0.2) is 18.2 Å². The van der Waals surface area contributed by atoms with Gasteiger partial charge in [-0.1, -0.05) is 0 Å². The predicted octanol–water partition coefficient (Wildman–Crippen LogP) is 1.30. The Labute approximate surface area is 146 Å². The summed E-state index contributed by atoms with van der Waals surface area (Å²) < 4.78 is 36.8. The van der Waals surface area contributed by atoms with Crippen LogP contribution in [0.4, 0.5) is 4.39 Å². The van der Waals surface area contributed by atoms with Crippen molar-refractivity contribution in [1.29, 1.82) is 0 Å². The Morgan fingerprint density at radius 2 is 1.80 bits per heavy atom. The van der Waals surface area contributed by atoms with E-state index in [2.05, 4.69) is 10.2 Å². The number of amides is 1. The molecule has 0 unspecified atom stereocenters. The molecule has 0 aliphatic carbocycles. The van der Waals surface area contributed by atoms with Gasteiger partial charge in [-0.2, -0.15) is 0 Å². The van der Waals surface area contributed by atoms with Gasteiger partial charge in [-0.3, -0.25) is 4.79 Å². The van der Waals surface area contributed by atoms with Gasteiger partial charge < -0.3 is 15.3 Å². The number of phenolic OH excluding ortho intramolecular Hbond substituents is 1. The van der Waals surface area contributed by atoms with Crippen molar-refractivity contribution < 1.29 is 22.7 Å². The van der Waals surface area contributed by atoms with Crippen LogP contribution in [0.2, 0.25) is 0 Å². The van der Waals surface area contributed by atoms with Crippen molar-refractivity contribution in [2.45, 2.75) is 37.8 Å². The number of carbonyl (C=O) groups excluding carboxylic acids is 1. The standard InChI is InChI=1S/C17H23FN2O4S/c18-16-11-14(21)1-2-15(16)17(22)19-12-3-7-20(8-4-12)13-5-9-25(23,24)10-6-13/h1-2,11-13,21H,3-10H2,(H,19,22). The zero-order valence-corrected chi connectivity index (χ0v) is 14.8. The van der Waals surface area contributed by atoms with Gasteiger partial charge in [0.2, 0.25) is 0 Å². The molecule has 2 saturated heterocycles. The predicted molar refractivity (Wildman–Crippen MR) is 91.8 cm³/mol. The molecule has 0 bridgehead atoms. The highest BCUT2D eigenvalue weighted by molar-refractivity contribution is 7.91. The molecule has 1 aromatic rings. The molecule has 3 rings (SSSR count). The molecule has 2 aliphatic heterocycles. The first kappa shape index (κ1) is 18.1. The molecule has 138 valence electrons. The summed E-state index contributed by atoms with van der Waals surface area (Å²) >= 11 is 0. The number of sulfone groups is 1. The second-order valence-corrected chi connectivity index (χ2v) is 9.13. The number of halogens is 1. The van der Waals surface area contributed by atoms with Gasteiger partial charge in [0.25, 0.3) is 5.91 Å². The van der Waals surface area contributed by atoms with E-state index < -0.39 is 21.6 Å². The molecule has 0 aromatic heterocycles. The lowest BCUT2D eigenvalue weighted by Crippen LogP contribution is -2.49. The fourth-order valence-corrected chi connectivity index (χ4v) is 5.07. The van der Waals surface area contributed by atoms with Crippen LogP contribution in [-0.2, 0) is 9.84 Å². The number of aromatic hydroxyl groups is 1. The Morgan fingerprint density at radius 1 is 1.16 bits per heavy atom. The van der Waals surface area contributed by atoms with Crippen LogP contribution in [0.25, 0.3) is 0 Å². The monoisotopic (exact) mass is 370 g/mol. The van der Waals surface area contributed by atoms with Crippen molar-refractivity contribution in [2.75, 3.05) is 24.6 Å². The van der Waals surface area contributed by atoms with Crippen LogP contribution >= 0.6 is 0 Å². The summed E-state index contributed by atoms with van der Waals surface area (Å²) in [5, 5.41) is 12.1. The van der Waals surface area contributed by atoms with E-state index in [9.17, 15) is 22.7 Å². The summed E-state index contributed by atoms with van der Waals surface area (Å²) in [6.45, 7) is 1.60. The normalized spacial score (nSPS) is 22.6. The molecule has 2 aliphatic rings. The van der Waals surface area contributed by atoms with Crippen molar-refractivity contribution in [2.24, 2.45) is 0 Å². The molecule has 2 fully saturated rings. The zero-order valence-electron chi connectivity index (χ0n) is 13.9. The van der Waals surface area contributed by atoms with Crippen molar-refractivity contribution in [3.63, 3.8) is 0 Å². The number of hydrogen-bond donors (Lipinski definition) is 2. The highest BCUT2D eigenvalue weighted by Crippen LogP contribution is 2.22. The third-order valence-electron chi connectivity index (χ3n) is 5.10. The van der Waals surface area contributed by atoms with Gasteiger partial charge in [-0.15, -0.1) is 0 Å². The smallest absolute Gasteiger partial charge is 0.254 e. The van der Waals surface area contributed by atoms with Gasteiger partial charge in [0.1, 0.15) is 21.4 Å². The minimum absolute atomic E-state index is 0.0238. The Morgan fingerprint density at radius 3 is 2.40 bits per heavy atom. The van der Waals surface area contributed by atoms with Crippen molar-refractivity contribution in [3.05, 3.63) is 29.6 Å². The maximum Gasteiger partial charge on any atom is 0.254 e. The molecule has 8 heteroatoms. The molecule has 1 amide bonds. The first-order valence-corrected chi connectivity index (χ1v) is 10.4. The van der Waals surface area contributed by atoms with Gasteiger partial charge >= 0.3 is 0 Å². The van der Waals surface area contributed by atoms with Crippen LogP contribution < -0.4 is 5.32 Å². The van der Waals surface area contributed by atoms with E-state index in [4.69, 9.17) is 0 Å². The Bertz CT molecular complexity index is 731. The van der Waals surface area contributed by atoms with Gasteiger partial charge in [0.05, 0.1) is 17.1 Å². The highest BCUT2D eigenvalue weighted by Gasteiger charge is 2.31. The summed E-state index contributed by atoms with van der Waals surface area (Å²) in [6.07, 6.45) is 2.87. The summed E-state index contributed by atoms with van der Waals surface area (Å²) in [6, 6.07) is 3.77. The third kappa shape index (κ3) is 4.49. The SMILES string of the molecule is O=C(NC1CCN(C2CCS(=O)(=O)CC2)CC1)c1ccc(O)cc1F. The molecule has 25 heavy (non-hydrogen) atoms. The van der Waals surface area contributed by atoms with Crippen LogP contribution in [-0.4, -0.2) is 61.0 Å². The molecule has 6 nitrogen and oxygen atoms in total. The lowest BCUT2D eigenvalue weighted by Gasteiger charge is -2.39. The summed E-state index contributed by atoms with van der Waals surface area (Å²) in [7, 11) is -2.86. The molecule has 0 saturated carbocycles.